The van der Waals surface area contributed by atoms with Crippen LogP contribution in [0.4, 0.5) is 4.39 Å². The third kappa shape index (κ3) is 6.59. The Morgan fingerprint density at radius 2 is 2.10 bits per heavy atom. The van der Waals surface area contributed by atoms with Gasteiger partial charge in [-0.2, -0.15) is 0 Å². The van der Waals surface area contributed by atoms with Crippen molar-refractivity contribution in [2.75, 3.05) is 46.4 Å². The topological polar surface area (TPSA) is 62.8 Å². The molecule has 0 spiro atoms. The number of para-hydroxylation sites is 1. The van der Waals surface area contributed by atoms with E-state index in [4.69, 9.17) is 9.47 Å². The molecule has 1 saturated heterocycles. The molecule has 3 rings (SSSR count). The summed E-state index contributed by atoms with van der Waals surface area (Å²) in [5.41, 5.74) is 1.07. The molecule has 1 fully saturated rings. The number of nitrogens with one attached hydrogen (secondary N) is 2. The van der Waals surface area contributed by atoms with Crippen molar-refractivity contribution < 1.29 is 18.7 Å². The SMILES string of the molecule is COc1ccccc1C1CNCCN1CC(=O)NCCOc1cccc(F)c1.Cl. The number of halogens is 2. The average molecular weight is 424 g/mol. The smallest absolute Gasteiger partial charge is 0.234 e. The fourth-order valence-electron chi connectivity index (χ4n) is 3.34. The lowest BCUT2D eigenvalue weighted by molar-refractivity contribution is -0.123. The number of amides is 1. The van der Waals surface area contributed by atoms with E-state index in [1.54, 1.807) is 19.2 Å². The number of carbonyl (C=O) groups is 1. The minimum absolute atomic E-state index is 0. The second-order valence-corrected chi connectivity index (χ2v) is 6.59. The Hall–Kier alpha value is -2.35. The summed E-state index contributed by atoms with van der Waals surface area (Å²) in [7, 11) is 1.66. The van der Waals surface area contributed by atoms with Gasteiger partial charge in [-0.05, 0) is 18.2 Å². The lowest BCUT2D eigenvalue weighted by atomic mass is 10.0. The monoisotopic (exact) mass is 423 g/mol. The third-order valence-corrected chi connectivity index (χ3v) is 4.69. The first-order valence-corrected chi connectivity index (χ1v) is 9.40. The molecule has 0 aromatic heterocycles. The van der Waals surface area contributed by atoms with Gasteiger partial charge in [-0.3, -0.25) is 9.69 Å². The quantitative estimate of drug-likeness (QED) is 0.638. The van der Waals surface area contributed by atoms with Crippen molar-refractivity contribution in [1.82, 2.24) is 15.5 Å². The lowest BCUT2D eigenvalue weighted by Crippen LogP contribution is -2.49. The van der Waals surface area contributed by atoms with Crippen LogP contribution < -0.4 is 20.1 Å². The number of rotatable bonds is 8. The normalized spacial score (nSPS) is 16.6. The van der Waals surface area contributed by atoms with Gasteiger partial charge in [-0.25, -0.2) is 4.39 Å². The molecule has 6 nitrogen and oxygen atoms in total. The highest BCUT2D eigenvalue weighted by molar-refractivity contribution is 5.85. The van der Waals surface area contributed by atoms with Crippen molar-refractivity contribution >= 4 is 18.3 Å². The van der Waals surface area contributed by atoms with Crippen molar-refractivity contribution in [3.8, 4) is 11.5 Å². The second kappa shape index (κ2) is 11.6. The molecule has 1 aliphatic rings. The number of benzene rings is 2. The van der Waals surface area contributed by atoms with Gasteiger partial charge < -0.3 is 20.1 Å². The van der Waals surface area contributed by atoms with Gasteiger partial charge in [0, 0.05) is 31.3 Å². The molecule has 2 aromatic carbocycles. The Balaban J connectivity index is 0.00000300. The van der Waals surface area contributed by atoms with Crippen LogP contribution in [0.15, 0.2) is 48.5 Å². The number of hydrogen-bond acceptors (Lipinski definition) is 5. The fourth-order valence-corrected chi connectivity index (χ4v) is 3.34. The zero-order chi connectivity index (χ0) is 19.8. The summed E-state index contributed by atoms with van der Waals surface area (Å²) in [6.07, 6.45) is 0. The van der Waals surface area contributed by atoms with Gasteiger partial charge in [0.05, 0.1) is 26.2 Å². The van der Waals surface area contributed by atoms with Gasteiger partial charge in [0.2, 0.25) is 5.91 Å². The molecule has 1 heterocycles. The molecule has 1 unspecified atom stereocenters. The number of carbonyl (C=O) groups excluding carboxylic acids is 1. The molecule has 0 aliphatic carbocycles. The Morgan fingerprint density at radius 1 is 1.28 bits per heavy atom. The first-order valence-electron chi connectivity index (χ1n) is 9.40. The lowest BCUT2D eigenvalue weighted by Gasteiger charge is -2.36. The first kappa shape index (κ1) is 22.9. The Bertz CT molecular complexity index is 793. The summed E-state index contributed by atoms with van der Waals surface area (Å²) in [6, 6.07) is 13.9. The van der Waals surface area contributed by atoms with Crippen molar-refractivity contribution in [2.24, 2.45) is 0 Å². The van der Waals surface area contributed by atoms with Crippen LogP contribution in [0.25, 0.3) is 0 Å². The predicted octanol–water partition coefficient (Wildman–Crippen LogP) is 2.40. The number of nitrogens with zero attached hydrogens (tertiary/aromatic N) is 1. The van der Waals surface area contributed by atoms with E-state index in [0.717, 1.165) is 30.9 Å². The summed E-state index contributed by atoms with van der Waals surface area (Å²) in [5.74, 6) is 0.866. The summed E-state index contributed by atoms with van der Waals surface area (Å²) < 4.78 is 24.1. The molecule has 2 aromatic rings. The van der Waals surface area contributed by atoms with Gasteiger partial charge in [0.25, 0.3) is 0 Å². The van der Waals surface area contributed by atoms with E-state index in [1.165, 1.54) is 12.1 Å². The summed E-state index contributed by atoms with van der Waals surface area (Å²) in [4.78, 5) is 14.5. The van der Waals surface area contributed by atoms with Crippen LogP contribution in [-0.2, 0) is 4.79 Å². The van der Waals surface area contributed by atoms with Crippen molar-refractivity contribution in [2.45, 2.75) is 6.04 Å². The molecule has 0 saturated carbocycles. The van der Waals surface area contributed by atoms with Crippen molar-refractivity contribution in [3.63, 3.8) is 0 Å². The summed E-state index contributed by atoms with van der Waals surface area (Å²) in [6.45, 7) is 3.31. The zero-order valence-electron chi connectivity index (χ0n) is 16.4. The van der Waals surface area contributed by atoms with Crippen LogP contribution in [0.1, 0.15) is 11.6 Å². The van der Waals surface area contributed by atoms with E-state index in [1.807, 2.05) is 24.3 Å². The molecular formula is C21H27ClFN3O3. The van der Waals surface area contributed by atoms with Crippen molar-refractivity contribution in [1.29, 1.82) is 0 Å². The number of methoxy groups -OCH3 is 1. The first-order chi connectivity index (χ1) is 13.7. The number of ether oxygens (including phenoxy) is 2. The summed E-state index contributed by atoms with van der Waals surface area (Å²) >= 11 is 0. The Kier molecular flexibility index (Phi) is 9.18. The van der Waals surface area contributed by atoms with Crippen LogP contribution in [0.3, 0.4) is 0 Å². The molecule has 2 N–H and O–H groups in total. The van der Waals surface area contributed by atoms with Gasteiger partial charge >= 0.3 is 0 Å². The summed E-state index contributed by atoms with van der Waals surface area (Å²) in [5, 5.41) is 6.25. The third-order valence-electron chi connectivity index (χ3n) is 4.69. The standard InChI is InChI=1S/C21H26FN3O3.ClH/c1-27-20-8-3-2-7-18(20)19-14-23-9-11-25(19)15-21(26)24-10-12-28-17-6-4-5-16(22)13-17;/h2-8,13,19,23H,9-12,14-15H2,1H3,(H,24,26);1H. The van der Waals surface area contributed by atoms with Crippen molar-refractivity contribution in [3.05, 3.63) is 59.9 Å². The second-order valence-electron chi connectivity index (χ2n) is 6.59. The molecule has 8 heteroatoms. The molecule has 1 amide bonds. The maximum Gasteiger partial charge on any atom is 0.234 e. The zero-order valence-corrected chi connectivity index (χ0v) is 17.2. The van der Waals surface area contributed by atoms with E-state index >= 15 is 0 Å². The predicted molar refractivity (Wildman–Crippen MR) is 112 cm³/mol. The maximum atomic E-state index is 13.1. The van der Waals surface area contributed by atoms with E-state index < -0.39 is 0 Å². The Labute approximate surface area is 176 Å². The molecule has 0 radical (unpaired) electrons. The van der Waals surface area contributed by atoms with Crippen LogP contribution in [0, 0.1) is 5.82 Å². The van der Waals surface area contributed by atoms with Gasteiger partial charge in [0.15, 0.2) is 0 Å². The van der Waals surface area contributed by atoms with E-state index in [9.17, 15) is 9.18 Å². The van der Waals surface area contributed by atoms with Gasteiger partial charge in [0.1, 0.15) is 23.9 Å². The molecule has 29 heavy (non-hydrogen) atoms. The minimum Gasteiger partial charge on any atom is -0.496 e. The fraction of sp³-hybridized carbons (Fsp3) is 0.381. The largest absolute Gasteiger partial charge is 0.496 e. The highest BCUT2D eigenvalue weighted by Gasteiger charge is 2.27. The highest BCUT2D eigenvalue weighted by Crippen LogP contribution is 2.29. The number of piperazine rings is 1. The molecule has 0 bridgehead atoms. The van der Waals surface area contributed by atoms with Crippen LogP contribution in [0.5, 0.6) is 11.5 Å². The van der Waals surface area contributed by atoms with E-state index in [-0.39, 0.29) is 36.8 Å². The highest BCUT2D eigenvalue weighted by atomic mass is 35.5. The number of hydrogen-bond donors (Lipinski definition) is 2. The van der Waals surface area contributed by atoms with E-state index in [2.05, 4.69) is 15.5 Å². The molecule has 1 aliphatic heterocycles. The van der Waals surface area contributed by atoms with Gasteiger partial charge in [-0.1, -0.05) is 24.3 Å². The van der Waals surface area contributed by atoms with Crippen LogP contribution >= 0.6 is 12.4 Å². The molecular weight excluding hydrogens is 397 g/mol. The van der Waals surface area contributed by atoms with E-state index in [0.29, 0.717) is 18.8 Å². The molecule has 158 valence electrons. The maximum absolute atomic E-state index is 13.1. The average Bonchev–Trinajstić information content (AvgIpc) is 2.72. The van der Waals surface area contributed by atoms with Gasteiger partial charge in [-0.15, -0.1) is 12.4 Å². The minimum atomic E-state index is -0.345. The van der Waals surface area contributed by atoms with Crippen LogP contribution in [0.2, 0.25) is 0 Å². The molecule has 1 atom stereocenters. The Morgan fingerprint density at radius 3 is 2.90 bits per heavy atom. The van der Waals surface area contributed by atoms with Crippen LogP contribution in [-0.4, -0.2) is 57.2 Å².